The molecule has 0 atom stereocenters. The van der Waals surface area contributed by atoms with Crippen molar-refractivity contribution >= 4 is 27.7 Å². The number of methoxy groups -OCH3 is 2. The normalized spacial score (nSPS) is 14.3. The van der Waals surface area contributed by atoms with Gasteiger partial charge >= 0.3 is 0 Å². The van der Waals surface area contributed by atoms with Crippen molar-refractivity contribution in [2.24, 2.45) is 0 Å². The molecule has 0 radical (unpaired) electrons. The van der Waals surface area contributed by atoms with Crippen LogP contribution in [0.15, 0.2) is 46.9 Å². The first-order valence-corrected chi connectivity index (χ1v) is 10.3. The van der Waals surface area contributed by atoms with Gasteiger partial charge in [0, 0.05) is 36.2 Å². The van der Waals surface area contributed by atoms with Crippen molar-refractivity contribution in [3.05, 3.63) is 58.1 Å². The van der Waals surface area contributed by atoms with Gasteiger partial charge in [0.1, 0.15) is 0 Å². The number of nitrogens with zero attached hydrogens (tertiary/aromatic N) is 2. The lowest BCUT2D eigenvalue weighted by molar-refractivity contribution is -0.130. The van der Waals surface area contributed by atoms with Crippen LogP contribution in [0.1, 0.15) is 22.3 Å². The summed E-state index contributed by atoms with van der Waals surface area (Å²) in [7, 11) is 3.11. The van der Waals surface area contributed by atoms with Crippen molar-refractivity contribution in [3.8, 4) is 11.5 Å². The van der Waals surface area contributed by atoms with Gasteiger partial charge in [0.15, 0.2) is 11.5 Å². The summed E-state index contributed by atoms with van der Waals surface area (Å²) in [5.41, 5.74) is 1.54. The zero-order valence-corrected chi connectivity index (χ0v) is 18.3. The molecule has 0 aliphatic carbocycles. The van der Waals surface area contributed by atoms with Gasteiger partial charge in [0.25, 0.3) is 5.91 Å². The Labute approximate surface area is 179 Å². The van der Waals surface area contributed by atoms with Gasteiger partial charge in [-0.2, -0.15) is 0 Å². The zero-order valence-electron chi connectivity index (χ0n) is 16.7. The molecule has 0 bridgehead atoms. The summed E-state index contributed by atoms with van der Waals surface area (Å²) in [4.78, 5) is 29.3. The molecule has 3 rings (SSSR count). The van der Waals surface area contributed by atoms with E-state index in [1.807, 2.05) is 29.2 Å². The molecular weight excluding hydrogens is 436 g/mol. The molecule has 0 saturated carbocycles. The highest BCUT2D eigenvalue weighted by Gasteiger charge is 2.23. The van der Waals surface area contributed by atoms with Gasteiger partial charge < -0.3 is 19.3 Å². The van der Waals surface area contributed by atoms with Crippen molar-refractivity contribution < 1.29 is 19.1 Å². The number of ether oxygens (including phenoxy) is 2. The average molecular weight is 461 g/mol. The lowest BCUT2D eigenvalue weighted by Gasteiger charge is -2.22. The van der Waals surface area contributed by atoms with Gasteiger partial charge in [-0.1, -0.05) is 28.1 Å². The molecule has 2 aromatic rings. The third-order valence-corrected chi connectivity index (χ3v) is 5.56. The highest BCUT2D eigenvalue weighted by molar-refractivity contribution is 9.10. The van der Waals surface area contributed by atoms with Crippen LogP contribution in [-0.4, -0.2) is 62.0 Å². The zero-order chi connectivity index (χ0) is 20.8. The summed E-state index contributed by atoms with van der Waals surface area (Å²) in [5, 5.41) is 0. The van der Waals surface area contributed by atoms with Crippen molar-refractivity contribution in [2.45, 2.75) is 12.8 Å². The summed E-state index contributed by atoms with van der Waals surface area (Å²) in [6.07, 6.45) is 1.13. The molecule has 0 N–H and O–H groups in total. The number of carbonyl (C=O) groups is 2. The number of amides is 2. The summed E-state index contributed by atoms with van der Waals surface area (Å²) in [6, 6.07) is 13.0. The fourth-order valence-corrected chi connectivity index (χ4v) is 3.67. The third-order valence-electron chi connectivity index (χ3n) is 5.03. The molecule has 0 aromatic heterocycles. The smallest absolute Gasteiger partial charge is 0.254 e. The van der Waals surface area contributed by atoms with Crippen molar-refractivity contribution in [1.29, 1.82) is 0 Å². The molecule has 1 fully saturated rings. The maximum atomic E-state index is 12.9. The Morgan fingerprint density at radius 2 is 1.55 bits per heavy atom. The Kier molecular flexibility index (Phi) is 7.14. The lowest BCUT2D eigenvalue weighted by atomic mass is 10.1. The molecule has 1 aliphatic heterocycles. The van der Waals surface area contributed by atoms with E-state index in [0.29, 0.717) is 49.7 Å². The minimum atomic E-state index is -0.0619. The van der Waals surface area contributed by atoms with Gasteiger partial charge in [-0.05, 0) is 42.3 Å². The van der Waals surface area contributed by atoms with E-state index in [0.717, 1.165) is 16.5 Å². The maximum Gasteiger partial charge on any atom is 0.254 e. The van der Waals surface area contributed by atoms with Gasteiger partial charge in [0.2, 0.25) is 5.91 Å². The molecule has 2 amide bonds. The Morgan fingerprint density at radius 3 is 2.24 bits per heavy atom. The number of halogens is 1. The fraction of sp³-hybridized carbons (Fsp3) is 0.364. The van der Waals surface area contributed by atoms with Crippen LogP contribution in [0.4, 0.5) is 0 Å². The van der Waals surface area contributed by atoms with Gasteiger partial charge in [-0.15, -0.1) is 0 Å². The molecule has 154 valence electrons. The SMILES string of the molecule is COc1ccc(C(=O)N2CCCN(C(=O)Cc3ccc(Br)cc3)CC2)cc1OC. The van der Waals surface area contributed by atoms with Crippen LogP contribution in [0.25, 0.3) is 0 Å². The first kappa shape index (κ1) is 21.2. The van der Waals surface area contributed by atoms with Crippen molar-refractivity contribution in [1.82, 2.24) is 9.80 Å². The van der Waals surface area contributed by atoms with E-state index >= 15 is 0 Å². The Hall–Kier alpha value is -2.54. The van der Waals surface area contributed by atoms with E-state index in [1.54, 1.807) is 37.3 Å². The molecule has 0 spiro atoms. The second kappa shape index (κ2) is 9.78. The third kappa shape index (κ3) is 5.29. The van der Waals surface area contributed by atoms with Crippen molar-refractivity contribution in [2.75, 3.05) is 40.4 Å². The molecule has 1 heterocycles. The Bertz CT molecular complexity index is 870. The van der Waals surface area contributed by atoms with Gasteiger partial charge in [-0.3, -0.25) is 9.59 Å². The summed E-state index contributed by atoms with van der Waals surface area (Å²) >= 11 is 3.41. The maximum absolute atomic E-state index is 12.9. The summed E-state index contributed by atoms with van der Waals surface area (Å²) in [6.45, 7) is 2.33. The van der Waals surface area contributed by atoms with E-state index in [4.69, 9.17) is 9.47 Å². The van der Waals surface area contributed by atoms with Crippen LogP contribution in [0.3, 0.4) is 0 Å². The van der Waals surface area contributed by atoms with E-state index < -0.39 is 0 Å². The molecule has 7 heteroatoms. The predicted molar refractivity (Wildman–Crippen MR) is 114 cm³/mol. The van der Waals surface area contributed by atoms with E-state index in [1.165, 1.54) is 0 Å². The second-order valence-corrected chi connectivity index (χ2v) is 7.82. The summed E-state index contributed by atoms with van der Waals surface area (Å²) < 4.78 is 11.5. The second-order valence-electron chi connectivity index (χ2n) is 6.90. The molecule has 1 saturated heterocycles. The monoisotopic (exact) mass is 460 g/mol. The number of carbonyl (C=O) groups excluding carboxylic acids is 2. The first-order valence-electron chi connectivity index (χ1n) is 9.55. The number of hydrogen-bond donors (Lipinski definition) is 0. The molecule has 1 aliphatic rings. The molecule has 6 nitrogen and oxygen atoms in total. The van der Waals surface area contributed by atoms with E-state index in [2.05, 4.69) is 15.9 Å². The Morgan fingerprint density at radius 1 is 0.897 bits per heavy atom. The minimum absolute atomic E-state index is 0.0619. The predicted octanol–water partition coefficient (Wildman–Crippen LogP) is 3.38. The topological polar surface area (TPSA) is 59.1 Å². The van der Waals surface area contributed by atoms with Crippen LogP contribution in [0, 0.1) is 0 Å². The van der Waals surface area contributed by atoms with Crippen LogP contribution in [0.5, 0.6) is 11.5 Å². The van der Waals surface area contributed by atoms with Crippen LogP contribution in [0.2, 0.25) is 0 Å². The van der Waals surface area contributed by atoms with Crippen molar-refractivity contribution in [3.63, 3.8) is 0 Å². The molecule has 2 aromatic carbocycles. The highest BCUT2D eigenvalue weighted by Crippen LogP contribution is 2.28. The highest BCUT2D eigenvalue weighted by atomic mass is 79.9. The van der Waals surface area contributed by atoms with Crippen LogP contribution >= 0.6 is 15.9 Å². The lowest BCUT2D eigenvalue weighted by Crippen LogP contribution is -2.38. The first-order chi connectivity index (χ1) is 14.0. The molecule has 0 unspecified atom stereocenters. The minimum Gasteiger partial charge on any atom is -0.493 e. The molecule has 29 heavy (non-hydrogen) atoms. The van der Waals surface area contributed by atoms with Crippen LogP contribution in [-0.2, 0) is 11.2 Å². The van der Waals surface area contributed by atoms with E-state index in [-0.39, 0.29) is 11.8 Å². The van der Waals surface area contributed by atoms with Gasteiger partial charge in [0.05, 0.1) is 20.6 Å². The summed E-state index contributed by atoms with van der Waals surface area (Å²) in [5.74, 6) is 1.14. The average Bonchev–Trinajstić information content (AvgIpc) is 3.00. The van der Waals surface area contributed by atoms with E-state index in [9.17, 15) is 9.59 Å². The number of hydrogen-bond acceptors (Lipinski definition) is 4. The largest absolute Gasteiger partial charge is 0.493 e. The fourth-order valence-electron chi connectivity index (χ4n) is 3.41. The number of benzene rings is 2. The number of rotatable bonds is 5. The van der Waals surface area contributed by atoms with Gasteiger partial charge in [-0.25, -0.2) is 0 Å². The standard InChI is InChI=1S/C22H25BrN2O4/c1-28-19-9-6-17(15-20(19)29-2)22(27)25-11-3-10-24(12-13-25)21(26)14-16-4-7-18(23)8-5-16/h4-9,15H,3,10-14H2,1-2H3. The van der Waals surface area contributed by atoms with Crippen LogP contribution < -0.4 is 9.47 Å². The molecular formula is C22H25BrN2O4. The quantitative estimate of drug-likeness (QED) is 0.685. The Balaban J connectivity index is 1.62.